The summed E-state index contributed by atoms with van der Waals surface area (Å²) in [5.74, 6) is 0. The molecule has 0 aliphatic carbocycles. The molecule has 1 rings (SSSR count). The fourth-order valence-electron chi connectivity index (χ4n) is 1.79. The van der Waals surface area contributed by atoms with Crippen LogP contribution < -0.4 is 0 Å². The Kier molecular flexibility index (Phi) is 5.92. The molecule has 0 radical (unpaired) electrons. The number of rotatable bonds is 9. The Hall–Kier alpha value is 0.0569. The van der Waals surface area contributed by atoms with E-state index >= 15 is 0 Å². The second-order valence-electron chi connectivity index (χ2n) is 4.12. The van der Waals surface area contributed by atoms with Gasteiger partial charge in [-0.25, -0.2) is 0 Å². The van der Waals surface area contributed by atoms with Crippen LogP contribution in [0.3, 0.4) is 0 Å². The van der Waals surface area contributed by atoms with Gasteiger partial charge in [0.25, 0.3) is 0 Å². The highest BCUT2D eigenvalue weighted by molar-refractivity contribution is 6.66. The van der Waals surface area contributed by atoms with Crippen LogP contribution in [0.25, 0.3) is 0 Å². The van der Waals surface area contributed by atoms with Crippen LogP contribution in [0.1, 0.15) is 27.2 Å². The highest BCUT2D eigenvalue weighted by Gasteiger charge is 2.47. The molecular weight excluding hydrogens is 224 g/mol. The van der Waals surface area contributed by atoms with Crippen molar-refractivity contribution in [3.05, 3.63) is 0 Å². The van der Waals surface area contributed by atoms with Crippen molar-refractivity contribution < 1.29 is 18.3 Å². The summed E-state index contributed by atoms with van der Waals surface area (Å²) in [6.45, 7) is 10.4. The zero-order valence-electron chi connectivity index (χ0n) is 10.8. The van der Waals surface area contributed by atoms with E-state index in [1.54, 1.807) is 0 Å². The van der Waals surface area contributed by atoms with Crippen LogP contribution in [0.5, 0.6) is 0 Å². The van der Waals surface area contributed by atoms with E-state index < -0.39 is 8.56 Å². The lowest BCUT2D eigenvalue weighted by molar-refractivity contribution is 0.0507. The van der Waals surface area contributed by atoms with Crippen LogP contribution in [0, 0.1) is 0 Å². The molecular formula is C11H24O4Si. The molecule has 2 unspecified atom stereocenters. The van der Waals surface area contributed by atoms with E-state index in [1.165, 1.54) is 0 Å². The second-order valence-corrected chi connectivity index (χ2v) is 7.37. The van der Waals surface area contributed by atoms with Gasteiger partial charge in [0.05, 0.1) is 0 Å². The van der Waals surface area contributed by atoms with Gasteiger partial charge in [0.2, 0.25) is 0 Å². The van der Waals surface area contributed by atoms with E-state index in [0.717, 1.165) is 19.1 Å². The van der Waals surface area contributed by atoms with Gasteiger partial charge in [0.15, 0.2) is 6.29 Å². The molecule has 1 fully saturated rings. The number of ether oxygens (including phenoxy) is 2. The third kappa shape index (κ3) is 4.51. The summed E-state index contributed by atoms with van der Waals surface area (Å²) in [6.07, 6.45) is 1.19. The smallest absolute Gasteiger partial charge is 0.337 e. The summed E-state index contributed by atoms with van der Waals surface area (Å²) in [7, 11) is -2.04. The van der Waals surface area contributed by atoms with Crippen molar-refractivity contribution in [2.75, 3.05) is 19.8 Å². The third-order valence-electron chi connectivity index (χ3n) is 2.49. The molecule has 1 saturated heterocycles. The summed E-state index contributed by atoms with van der Waals surface area (Å²) in [5, 5.41) is 0. The van der Waals surface area contributed by atoms with Gasteiger partial charge in [0, 0.05) is 25.9 Å². The molecule has 0 aromatic heterocycles. The van der Waals surface area contributed by atoms with Gasteiger partial charge in [-0.3, -0.25) is 0 Å². The van der Waals surface area contributed by atoms with Crippen molar-refractivity contribution in [2.45, 2.75) is 52.2 Å². The number of hydrogen-bond acceptors (Lipinski definition) is 4. The van der Waals surface area contributed by atoms with Crippen LogP contribution >= 0.6 is 0 Å². The number of hydrogen-bond donors (Lipinski definition) is 0. The maximum Gasteiger partial charge on any atom is 0.337 e. The lowest BCUT2D eigenvalue weighted by Crippen LogP contribution is -2.40. The predicted octanol–water partition coefficient (Wildman–Crippen LogP) is 2.28. The molecule has 0 aromatic rings. The van der Waals surface area contributed by atoms with Crippen molar-refractivity contribution >= 4 is 8.56 Å². The molecule has 16 heavy (non-hydrogen) atoms. The van der Waals surface area contributed by atoms with Crippen molar-refractivity contribution in [1.82, 2.24) is 0 Å². The van der Waals surface area contributed by atoms with Gasteiger partial charge >= 0.3 is 8.56 Å². The standard InChI is InChI=1S/C11H24O4Si/c1-5-8-12-11-10(15-11)9-16(4,13-6-2)14-7-3/h10-11H,5-9H2,1-4H3. The quantitative estimate of drug-likeness (QED) is 0.463. The first-order chi connectivity index (χ1) is 7.65. The third-order valence-corrected chi connectivity index (χ3v) is 5.44. The molecule has 0 N–H and O–H groups in total. The van der Waals surface area contributed by atoms with Gasteiger partial charge < -0.3 is 18.3 Å². The molecule has 0 amide bonds. The fourth-order valence-corrected chi connectivity index (χ4v) is 4.35. The lowest BCUT2D eigenvalue weighted by Gasteiger charge is -2.25. The summed E-state index contributed by atoms with van der Waals surface area (Å²) < 4.78 is 22.5. The first kappa shape index (κ1) is 14.1. The van der Waals surface area contributed by atoms with Crippen LogP contribution in [0.2, 0.25) is 12.6 Å². The molecule has 0 saturated carbocycles. The topological polar surface area (TPSA) is 40.2 Å². The SMILES string of the molecule is CCCOC1OC1C[Si](C)(OCC)OCC. The minimum atomic E-state index is -2.04. The van der Waals surface area contributed by atoms with Crippen LogP contribution in [-0.4, -0.2) is 40.8 Å². The van der Waals surface area contributed by atoms with Gasteiger partial charge in [0.1, 0.15) is 6.10 Å². The average molecular weight is 248 g/mol. The van der Waals surface area contributed by atoms with Crippen LogP contribution in [-0.2, 0) is 18.3 Å². The summed E-state index contributed by atoms with van der Waals surface area (Å²) >= 11 is 0. The maximum atomic E-state index is 5.75. The second kappa shape index (κ2) is 6.71. The minimum absolute atomic E-state index is 0.0207. The van der Waals surface area contributed by atoms with E-state index in [-0.39, 0.29) is 12.4 Å². The van der Waals surface area contributed by atoms with Crippen molar-refractivity contribution in [2.24, 2.45) is 0 Å². The minimum Gasteiger partial charge on any atom is -0.395 e. The van der Waals surface area contributed by atoms with Gasteiger partial charge in [-0.05, 0) is 26.8 Å². The van der Waals surface area contributed by atoms with Crippen LogP contribution in [0.15, 0.2) is 0 Å². The van der Waals surface area contributed by atoms with Crippen molar-refractivity contribution in [3.63, 3.8) is 0 Å². The summed E-state index contributed by atoms with van der Waals surface area (Å²) in [6, 6.07) is 0.864. The molecule has 0 aromatic carbocycles. The monoisotopic (exact) mass is 248 g/mol. The summed E-state index contributed by atoms with van der Waals surface area (Å²) in [5.41, 5.74) is 0. The normalized spacial score (nSPS) is 24.8. The molecule has 4 nitrogen and oxygen atoms in total. The Bertz CT molecular complexity index is 194. The Morgan fingerprint density at radius 1 is 1.12 bits per heavy atom. The lowest BCUT2D eigenvalue weighted by atomic mass is 10.5. The molecule has 0 spiro atoms. The highest BCUT2D eigenvalue weighted by Crippen LogP contribution is 2.32. The largest absolute Gasteiger partial charge is 0.395 e. The maximum absolute atomic E-state index is 5.75. The molecule has 96 valence electrons. The molecule has 2 atom stereocenters. The van der Waals surface area contributed by atoms with Gasteiger partial charge in [-0.1, -0.05) is 6.92 Å². The first-order valence-corrected chi connectivity index (χ1v) is 8.72. The van der Waals surface area contributed by atoms with E-state index in [4.69, 9.17) is 18.3 Å². The highest BCUT2D eigenvalue weighted by atomic mass is 28.4. The van der Waals surface area contributed by atoms with Crippen molar-refractivity contribution in [1.29, 1.82) is 0 Å². The molecule has 1 aliphatic heterocycles. The number of epoxide rings is 1. The van der Waals surface area contributed by atoms with Crippen LogP contribution in [0.4, 0.5) is 0 Å². The Morgan fingerprint density at radius 2 is 1.75 bits per heavy atom. The molecule has 5 heteroatoms. The van der Waals surface area contributed by atoms with E-state index in [0.29, 0.717) is 13.2 Å². The molecule has 0 bridgehead atoms. The van der Waals surface area contributed by atoms with E-state index in [2.05, 4.69) is 13.5 Å². The Morgan fingerprint density at radius 3 is 2.25 bits per heavy atom. The zero-order chi connectivity index (χ0) is 12.0. The summed E-state index contributed by atoms with van der Waals surface area (Å²) in [4.78, 5) is 0. The van der Waals surface area contributed by atoms with Crippen molar-refractivity contribution in [3.8, 4) is 0 Å². The molecule has 1 heterocycles. The zero-order valence-corrected chi connectivity index (χ0v) is 11.8. The van der Waals surface area contributed by atoms with E-state index in [9.17, 15) is 0 Å². The Labute approximate surface area is 99.5 Å². The molecule has 1 aliphatic rings. The first-order valence-electron chi connectivity index (χ1n) is 6.20. The predicted molar refractivity (Wildman–Crippen MR) is 64.6 cm³/mol. The van der Waals surface area contributed by atoms with E-state index in [1.807, 2.05) is 13.8 Å². The Balaban J connectivity index is 2.28. The van der Waals surface area contributed by atoms with Gasteiger partial charge in [-0.15, -0.1) is 0 Å². The average Bonchev–Trinajstić information content (AvgIpc) is 2.93. The van der Waals surface area contributed by atoms with Gasteiger partial charge in [-0.2, -0.15) is 0 Å². The fraction of sp³-hybridized carbons (Fsp3) is 1.00.